The Balaban J connectivity index is 1.65. The molecule has 2 atom stereocenters. The van der Waals surface area contributed by atoms with Gasteiger partial charge in [-0.1, -0.05) is 12.1 Å². The molecule has 0 N–H and O–H groups in total. The molecular formula is C17H20N2O4. The van der Waals surface area contributed by atoms with Crippen molar-refractivity contribution >= 4 is 11.8 Å². The largest absolute Gasteiger partial charge is 0.378 e. The molecule has 2 amide bonds. The number of carbonyl (C=O) groups excluding carboxylic acids is 2. The Morgan fingerprint density at radius 3 is 2.91 bits per heavy atom. The molecule has 2 saturated heterocycles. The third-order valence-electron chi connectivity index (χ3n) is 5.04. The van der Waals surface area contributed by atoms with Crippen LogP contribution in [0.1, 0.15) is 21.5 Å². The number of amides is 2. The summed E-state index contributed by atoms with van der Waals surface area (Å²) in [5, 5.41) is 0. The zero-order valence-electron chi connectivity index (χ0n) is 13.2. The van der Waals surface area contributed by atoms with Crippen LogP contribution in [0.2, 0.25) is 0 Å². The van der Waals surface area contributed by atoms with E-state index < -0.39 is 0 Å². The van der Waals surface area contributed by atoms with Crippen LogP contribution in [0.3, 0.4) is 0 Å². The topological polar surface area (TPSA) is 59.1 Å². The summed E-state index contributed by atoms with van der Waals surface area (Å²) in [6.45, 7) is 2.86. The lowest BCUT2D eigenvalue weighted by Crippen LogP contribution is -2.45. The van der Waals surface area contributed by atoms with E-state index in [1.165, 1.54) is 0 Å². The van der Waals surface area contributed by atoms with E-state index in [0.717, 1.165) is 11.1 Å². The Bertz CT molecular complexity index is 660. The van der Waals surface area contributed by atoms with Crippen LogP contribution < -0.4 is 0 Å². The number of nitrogens with zero attached hydrogens (tertiary/aromatic N) is 2. The second kappa shape index (κ2) is 5.62. The van der Waals surface area contributed by atoms with Crippen LogP contribution in [0, 0.1) is 5.92 Å². The van der Waals surface area contributed by atoms with E-state index in [1.807, 2.05) is 23.1 Å². The summed E-state index contributed by atoms with van der Waals surface area (Å²) in [6.07, 6.45) is 0. The number of fused-ring (bicyclic) bond motifs is 4. The minimum Gasteiger partial charge on any atom is -0.378 e. The van der Waals surface area contributed by atoms with E-state index in [0.29, 0.717) is 45.1 Å². The molecule has 1 aromatic carbocycles. The average molecular weight is 316 g/mol. The molecule has 0 unspecified atom stereocenters. The molecule has 0 aliphatic carbocycles. The second-order valence-corrected chi connectivity index (χ2v) is 6.48. The molecule has 3 aliphatic rings. The molecule has 1 aromatic rings. The first-order valence-corrected chi connectivity index (χ1v) is 7.97. The van der Waals surface area contributed by atoms with Gasteiger partial charge in [0.2, 0.25) is 5.91 Å². The van der Waals surface area contributed by atoms with Gasteiger partial charge in [-0.15, -0.1) is 0 Å². The molecule has 2 fully saturated rings. The van der Waals surface area contributed by atoms with Crippen molar-refractivity contribution in [3.8, 4) is 0 Å². The molecule has 4 rings (SSSR count). The van der Waals surface area contributed by atoms with Gasteiger partial charge in [-0.3, -0.25) is 9.59 Å². The number of benzene rings is 1. The van der Waals surface area contributed by atoms with Crippen LogP contribution in [0.4, 0.5) is 0 Å². The minimum atomic E-state index is -0.274. The van der Waals surface area contributed by atoms with Gasteiger partial charge in [0.05, 0.1) is 38.4 Å². The Hall–Kier alpha value is -1.92. The summed E-state index contributed by atoms with van der Waals surface area (Å²) in [5.41, 5.74) is 2.78. The summed E-state index contributed by atoms with van der Waals surface area (Å²) in [4.78, 5) is 29.0. The van der Waals surface area contributed by atoms with Crippen molar-refractivity contribution < 1.29 is 19.1 Å². The van der Waals surface area contributed by atoms with E-state index in [2.05, 4.69) is 0 Å². The predicted molar refractivity (Wildman–Crippen MR) is 81.7 cm³/mol. The smallest absolute Gasteiger partial charge is 0.254 e. The number of ether oxygens (including phenoxy) is 2. The molecule has 3 aliphatic heterocycles. The molecule has 23 heavy (non-hydrogen) atoms. The van der Waals surface area contributed by atoms with E-state index in [1.54, 1.807) is 11.9 Å². The molecule has 122 valence electrons. The normalized spacial score (nSPS) is 26.9. The third-order valence-corrected chi connectivity index (χ3v) is 5.04. The average Bonchev–Trinajstić information content (AvgIpc) is 2.93. The molecule has 2 bridgehead atoms. The Morgan fingerprint density at radius 2 is 2.04 bits per heavy atom. The van der Waals surface area contributed by atoms with Crippen LogP contribution in [-0.2, 0) is 27.5 Å². The second-order valence-electron chi connectivity index (χ2n) is 6.48. The predicted octanol–water partition coefficient (Wildman–Crippen LogP) is 0.646. The minimum absolute atomic E-state index is 0.00708. The SMILES string of the molecule is CN1C(=O)[C@H]2COC[C@@H]1CN(C(=O)c1cccc3c1COC3)C2. The molecule has 6 nitrogen and oxygen atoms in total. The Kier molecular flexibility index (Phi) is 3.58. The number of rotatable bonds is 1. The highest BCUT2D eigenvalue weighted by atomic mass is 16.5. The van der Waals surface area contributed by atoms with Gasteiger partial charge in [-0.25, -0.2) is 0 Å². The highest BCUT2D eigenvalue weighted by Gasteiger charge is 2.39. The fourth-order valence-electron chi connectivity index (χ4n) is 3.64. The van der Waals surface area contributed by atoms with Crippen LogP contribution in [0.15, 0.2) is 18.2 Å². The maximum absolute atomic E-state index is 13.1. The first kappa shape index (κ1) is 14.7. The third kappa shape index (κ3) is 2.42. The summed E-state index contributed by atoms with van der Waals surface area (Å²) < 4.78 is 11.1. The van der Waals surface area contributed by atoms with Crippen molar-refractivity contribution in [2.75, 3.05) is 33.4 Å². The Morgan fingerprint density at radius 1 is 1.17 bits per heavy atom. The van der Waals surface area contributed by atoms with Gasteiger partial charge in [-0.2, -0.15) is 0 Å². The standard InChI is InChI=1S/C17H20N2O4/c1-18-13-6-19(5-12(16(18)20)8-22-9-13)17(21)14-4-2-3-11-7-23-10-15(11)14/h2-4,12-13H,5-10H2,1H3/t12-,13+/m1/s1. The number of likely N-dealkylation sites (N-methyl/N-ethyl adjacent to an activating group) is 1. The maximum atomic E-state index is 13.1. The summed E-state index contributed by atoms with van der Waals surface area (Å²) in [7, 11) is 1.80. The molecule has 6 heteroatoms. The highest BCUT2D eigenvalue weighted by molar-refractivity contribution is 5.96. The van der Waals surface area contributed by atoms with Gasteiger partial charge in [0.15, 0.2) is 0 Å². The van der Waals surface area contributed by atoms with Gasteiger partial charge >= 0.3 is 0 Å². The lowest BCUT2D eigenvalue weighted by atomic mass is 10.0. The monoisotopic (exact) mass is 316 g/mol. The molecule has 3 heterocycles. The molecule has 0 saturated carbocycles. The van der Waals surface area contributed by atoms with Gasteiger partial charge in [-0.05, 0) is 17.2 Å². The summed E-state index contributed by atoms with van der Waals surface area (Å²) in [6, 6.07) is 5.69. The maximum Gasteiger partial charge on any atom is 0.254 e. The van der Waals surface area contributed by atoms with E-state index >= 15 is 0 Å². The molecule has 0 radical (unpaired) electrons. The van der Waals surface area contributed by atoms with E-state index in [9.17, 15) is 9.59 Å². The number of hydrogen-bond donors (Lipinski definition) is 0. The quantitative estimate of drug-likeness (QED) is 0.763. The van der Waals surface area contributed by atoms with Crippen molar-refractivity contribution in [1.29, 1.82) is 0 Å². The molecule has 0 spiro atoms. The van der Waals surface area contributed by atoms with Crippen molar-refractivity contribution in [3.05, 3.63) is 34.9 Å². The first-order valence-electron chi connectivity index (χ1n) is 7.97. The molecular weight excluding hydrogens is 296 g/mol. The van der Waals surface area contributed by atoms with E-state index in [-0.39, 0.29) is 23.8 Å². The van der Waals surface area contributed by atoms with Crippen LogP contribution in [-0.4, -0.2) is 61.0 Å². The van der Waals surface area contributed by atoms with Crippen molar-refractivity contribution in [2.24, 2.45) is 5.92 Å². The number of hydrogen-bond acceptors (Lipinski definition) is 4. The van der Waals surface area contributed by atoms with Gasteiger partial charge in [0, 0.05) is 25.7 Å². The van der Waals surface area contributed by atoms with Crippen LogP contribution in [0.5, 0.6) is 0 Å². The Labute approximate surface area is 134 Å². The zero-order chi connectivity index (χ0) is 16.0. The zero-order valence-corrected chi connectivity index (χ0v) is 13.2. The lowest BCUT2D eigenvalue weighted by molar-refractivity contribution is -0.133. The lowest BCUT2D eigenvalue weighted by Gasteiger charge is -2.29. The van der Waals surface area contributed by atoms with Crippen molar-refractivity contribution in [2.45, 2.75) is 19.3 Å². The van der Waals surface area contributed by atoms with Crippen LogP contribution >= 0.6 is 0 Å². The molecule has 0 aromatic heterocycles. The van der Waals surface area contributed by atoms with Crippen LogP contribution in [0.25, 0.3) is 0 Å². The number of carbonyl (C=O) groups is 2. The fourth-order valence-corrected chi connectivity index (χ4v) is 3.64. The first-order chi connectivity index (χ1) is 11.1. The van der Waals surface area contributed by atoms with Gasteiger partial charge < -0.3 is 19.3 Å². The van der Waals surface area contributed by atoms with E-state index in [4.69, 9.17) is 9.47 Å². The van der Waals surface area contributed by atoms with Crippen molar-refractivity contribution in [1.82, 2.24) is 9.80 Å². The van der Waals surface area contributed by atoms with Gasteiger partial charge in [0.1, 0.15) is 0 Å². The highest BCUT2D eigenvalue weighted by Crippen LogP contribution is 2.26. The van der Waals surface area contributed by atoms with Gasteiger partial charge in [0.25, 0.3) is 5.91 Å². The summed E-state index contributed by atoms with van der Waals surface area (Å²) >= 11 is 0. The fraction of sp³-hybridized carbons (Fsp3) is 0.529. The van der Waals surface area contributed by atoms with Crippen molar-refractivity contribution in [3.63, 3.8) is 0 Å². The summed E-state index contributed by atoms with van der Waals surface area (Å²) in [5.74, 6) is -0.207.